The summed E-state index contributed by atoms with van der Waals surface area (Å²) in [5.74, 6) is 1.18. The Morgan fingerprint density at radius 3 is 2.94 bits per heavy atom. The summed E-state index contributed by atoms with van der Waals surface area (Å²) in [7, 11) is 0. The summed E-state index contributed by atoms with van der Waals surface area (Å²) in [6.07, 6.45) is 6.43. The third-order valence-corrected chi connectivity index (χ3v) is 4.40. The smallest absolute Gasteiger partial charge is 0.273 e. The molecule has 0 saturated heterocycles. The van der Waals surface area contributed by atoms with Crippen molar-refractivity contribution in [3.05, 3.63) is 23.5 Å². The number of aryl methyl sites for hydroxylation is 1. The lowest BCUT2D eigenvalue weighted by atomic mass is 9.95. The molecule has 4 heteroatoms. The van der Waals surface area contributed by atoms with Gasteiger partial charge in [-0.05, 0) is 49.7 Å². The van der Waals surface area contributed by atoms with E-state index in [0.717, 1.165) is 12.3 Å². The number of rotatable bonds is 2. The minimum absolute atomic E-state index is 0.00171. The number of nitrogens with one attached hydrogen (secondary N) is 1. The Morgan fingerprint density at radius 2 is 2.28 bits per heavy atom. The molecule has 2 fully saturated rings. The highest BCUT2D eigenvalue weighted by Gasteiger charge is 2.40. The zero-order valence-corrected chi connectivity index (χ0v) is 10.5. The molecule has 1 amide bonds. The molecule has 1 aromatic rings. The first-order valence-corrected chi connectivity index (χ1v) is 6.60. The van der Waals surface area contributed by atoms with Gasteiger partial charge in [0.15, 0.2) is 5.69 Å². The lowest BCUT2D eigenvalue weighted by Crippen LogP contribution is -2.38. The first-order chi connectivity index (χ1) is 8.65. The number of fused-ring (bicyclic) bond motifs is 2. The molecule has 3 rings (SSSR count). The van der Waals surface area contributed by atoms with E-state index in [-0.39, 0.29) is 23.4 Å². The van der Waals surface area contributed by atoms with Crippen LogP contribution >= 0.6 is 0 Å². The summed E-state index contributed by atoms with van der Waals surface area (Å²) in [6.45, 7) is 1.77. The van der Waals surface area contributed by atoms with Crippen LogP contribution in [0.1, 0.15) is 41.7 Å². The van der Waals surface area contributed by atoms with Crippen LogP contribution in [0.2, 0.25) is 0 Å². The van der Waals surface area contributed by atoms with Crippen molar-refractivity contribution in [2.75, 3.05) is 0 Å². The fourth-order valence-corrected chi connectivity index (χ4v) is 3.37. The molecule has 3 unspecified atom stereocenters. The van der Waals surface area contributed by atoms with Gasteiger partial charge in [0.2, 0.25) is 0 Å². The van der Waals surface area contributed by atoms with Gasteiger partial charge in [0.1, 0.15) is 5.75 Å². The van der Waals surface area contributed by atoms with Crippen molar-refractivity contribution in [2.45, 2.75) is 38.6 Å². The van der Waals surface area contributed by atoms with Gasteiger partial charge in [0.25, 0.3) is 5.91 Å². The molecule has 96 valence electrons. The molecule has 2 N–H and O–H groups in total. The van der Waals surface area contributed by atoms with Crippen LogP contribution in [0.3, 0.4) is 0 Å². The Kier molecular flexibility index (Phi) is 2.73. The SMILES string of the molecule is Cc1ccnc(C(=O)NC2CC3CCC2C3)c1O. The summed E-state index contributed by atoms with van der Waals surface area (Å²) in [6, 6.07) is 1.97. The predicted molar refractivity (Wildman–Crippen MR) is 67.3 cm³/mol. The fourth-order valence-electron chi connectivity index (χ4n) is 3.37. The molecular weight excluding hydrogens is 228 g/mol. The maximum absolute atomic E-state index is 12.1. The van der Waals surface area contributed by atoms with Crippen molar-refractivity contribution in [3.63, 3.8) is 0 Å². The largest absolute Gasteiger partial charge is 0.505 e. The summed E-state index contributed by atoms with van der Waals surface area (Å²) in [5, 5.41) is 12.9. The van der Waals surface area contributed by atoms with Crippen LogP contribution < -0.4 is 5.32 Å². The molecule has 0 aromatic carbocycles. The Hall–Kier alpha value is -1.58. The van der Waals surface area contributed by atoms with E-state index in [4.69, 9.17) is 0 Å². The van der Waals surface area contributed by atoms with Gasteiger partial charge in [-0.3, -0.25) is 4.79 Å². The van der Waals surface area contributed by atoms with E-state index in [1.807, 2.05) is 0 Å². The molecule has 18 heavy (non-hydrogen) atoms. The summed E-state index contributed by atoms with van der Waals surface area (Å²) >= 11 is 0. The quantitative estimate of drug-likeness (QED) is 0.839. The van der Waals surface area contributed by atoms with Crippen LogP contribution in [-0.4, -0.2) is 22.0 Å². The molecule has 0 spiro atoms. The highest BCUT2D eigenvalue weighted by atomic mass is 16.3. The monoisotopic (exact) mass is 246 g/mol. The van der Waals surface area contributed by atoms with Crippen LogP contribution in [0.4, 0.5) is 0 Å². The van der Waals surface area contributed by atoms with Gasteiger partial charge in [-0.2, -0.15) is 0 Å². The number of hydrogen-bond donors (Lipinski definition) is 2. The molecule has 2 aliphatic rings. The van der Waals surface area contributed by atoms with Crippen molar-refractivity contribution in [1.82, 2.24) is 10.3 Å². The molecular formula is C14H18N2O2. The zero-order chi connectivity index (χ0) is 12.7. The molecule has 2 bridgehead atoms. The summed E-state index contributed by atoms with van der Waals surface area (Å²) < 4.78 is 0. The van der Waals surface area contributed by atoms with Crippen molar-refractivity contribution in [2.24, 2.45) is 11.8 Å². The van der Waals surface area contributed by atoms with E-state index in [1.54, 1.807) is 19.2 Å². The average molecular weight is 246 g/mol. The van der Waals surface area contributed by atoms with Crippen LogP contribution in [0.5, 0.6) is 5.75 Å². The molecule has 4 nitrogen and oxygen atoms in total. The number of nitrogens with zero attached hydrogens (tertiary/aromatic N) is 1. The number of pyridine rings is 1. The van der Waals surface area contributed by atoms with Crippen molar-refractivity contribution in [1.29, 1.82) is 0 Å². The highest BCUT2D eigenvalue weighted by molar-refractivity contribution is 5.95. The second-order valence-corrected chi connectivity index (χ2v) is 5.58. The molecule has 2 saturated carbocycles. The number of amides is 1. The molecule has 1 aromatic heterocycles. The third-order valence-electron chi connectivity index (χ3n) is 4.40. The average Bonchev–Trinajstić information content (AvgIpc) is 2.94. The van der Waals surface area contributed by atoms with Gasteiger partial charge in [-0.25, -0.2) is 4.98 Å². The first kappa shape index (κ1) is 11.5. The number of carbonyl (C=O) groups is 1. The number of aromatic nitrogens is 1. The molecule has 0 radical (unpaired) electrons. The molecule has 1 heterocycles. The maximum atomic E-state index is 12.1. The summed E-state index contributed by atoms with van der Waals surface area (Å²) in [5.41, 5.74) is 0.834. The van der Waals surface area contributed by atoms with E-state index in [0.29, 0.717) is 11.5 Å². The minimum atomic E-state index is -0.242. The molecule has 3 atom stereocenters. The van der Waals surface area contributed by atoms with E-state index in [2.05, 4.69) is 10.3 Å². The van der Waals surface area contributed by atoms with Gasteiger partial charge >= 0.3 is 0 Å². The van der Waals surface area contributed by atoms with Gasteiger partial charge in [-0.1, -0.05) is 6.42 Å². The van der Waals surface area contributed by atoms with Crippen LogP contribution in [0.25, 0.3) is 0 Å². The number of aromatic hydroxyl groups is 1. The van der Waals surface area contributed by atoms with Gasteiger partial charge in [-0.15, -0.1) is 0 Å². The highest BCUT2D eigenvalue weighted by Crippen LogP contribution is 2.44. The normalized spacial score (nSPS) is 29.5. The first-order valence-electron chi connectivity index (χ1n) is 6.60. The van der Waals surface area contributed by atoms with Crippen molar-refractivity contribution in [3.8, 4) is 5.75 Å². The number of carbonyl (C=O) groups excluding carboxylic acids is 1. The molecule has 2 aliphatic carbocycles. The van der Waals surface area contributed by atoms with Gasteiger partial charge in [0.05, 0.1) is 0 Å². The maximum Gasteiger partial charge on any atom is 0.273 e. The Bertz CT molecular complexity index is 487. The predicted octanol–water partition coefficient (Wildman–Crippen LogP) is 2.01. The second kappa shape index (κ2) is 4.26. The van der Waals surface area contributed by atoms with E-state index >= 15 is 0 Å². The standard InChI is InChI=1S/C14H18N2O2/c1-8-4-5-15-12(13(8)17)14(18)16-11-7-9-2-3-10(11)6-9/h4-5,9-11,17H,2-3,6-7H2,1H3,(H,16,18). The topological polar surface area (TPSA) is 62.2 Å². The van der Waals surface area contributed by atoms with E-state index in [1.165, 1.54) is 19.3 Å². The van der Waals surface area contributed by atoms with E-state index in [9.17, 15) is 9.90 Å². The van der Waals surface area contributed by atoms with Crippen LogP contribution in [-0.2, 0) is 0 Å². The Balaban J connectivity index is 1.73. The Morgan fingerprint density at radius 1 is 1.44 bits per heavy atom. The Labute approximate surface area is 106 Å². The zero-order valence-electron chi connectivity index (χ0n) is 10.5. The van der Waals surface area contributed by atoms with Crippen molar-refractivity contribution < 1.29 is 9.90 Å². The van der Waals surface area contributed by atoms with Crippen LogP contribution in [0.15, 0.2) is 12.3 Å². The minimum Gasteiger partial charge on any atom is -0.505 e. The van der Waals surface area contributed by atoms with Crippen LogP contribution in [0, 0.1) is 18.8 Å². The van der Waals surface area contributed by atoms with Crippen molar-refractivity contribution >= 4 is 5.91 Å². The lowest BCUT2D eigenvalue weighted by Gasteiger charge is -2.22. The van der Waals surface area contributed by atoms with Gasteiger partial charge < -0.3 is 10.4 Å². The fraction of sp³-hybridized carbons (Fsp3) is 0.571. The second-order valence-electron chi connectivity index (χ2n) is 5.58. The number of hydrogen-bond acceptors (Lipinski definition) is 3. The molecule has 0 aliphatic heterocycles. The van der Waals surface area contributed by atoms with E-state index < -0.39 is 0 Å². The lowest BCUT2D eigenvalue weighted by molar-refractivity contribution is 0.0914. The van der Waals surface area contributed by atoms with Gasteiger partial charge in [0, 0.05) is 12.2 Å². The summed E-state index contributed by atoms with van der Waals surface area (Å²) in [4.78, 5) is 16.1. The third kappa shape index (κ3) is 1.85.